The van der Waals surface area contributed by atoms with Crippen LogP contribution in [-0.2, 0) is 14.9 Å². The van der Waals surface area contributed by atoms with Crippen molar-refractivity contribution in [1.29, 1.82) is 0 Å². The van der Waals surface area contributed by atoms with Gasteiger partial charge in [-0.15, -0.1) is 11.3 Å². The molecule has 0 bridgehead atoms. The van der Waals surface area contributed by atoms with Crippen molar-refractivity contribution in [2.24, 2.45) is 0 Å². The van der Waals surface area contributed by atoms with Crippen LogP contribution in [0.15, 0.2) is 29.6 Å². The van der Waals surface area contributed by atoms with Crippen molar-refractivity contribution in [1.82, 2.24) is 4.98 Å². The van der Waals surface area contributed by atoms with Gasteiger partial charge in [-0.2, -0.15) is 0 Å². The van der Waals surface area contributed by atoms with Crippen LogP contribution in [-0.4, -0.2) is 24.1 Å². The number of nitrogens with zero attached hydrogens (tertiary/aromatic N) is 1. The molecule has 0 aliphatic carbocycles. The molecule has 23 heavy (non-hydrogen) atoms. The molecule has 0 fully saturated rings. The minimum absolute atomic E-state index is 0.0672. The van der Waals surface area contributed by atoms with E-state index < -0.39 is 0 Å². The van der Waals surface area contributed by atoms with E-state index in [1.165, 1.54) is 16.9 Å². The van der Waals surface area contributed by atoms with Crippen LogP contribution in [0.2, 0.25) is 0 Å². The minimum Gasteiger partial charge on any atom is -0.381 e. The zero-order valence-corrected chi connectivity index (χ0v) is 15.0. The van der Waals surface area contributed by atoms with Crippen LogP contribution in [0.5, 0.6) is 0 Å². The first kappa shape index (κ1) is 17.6. The van der Waals surface area contributed by atoms with Gasteiger partial charge in [0.05, 0.1) is 18.7 Å². The number of anilines is 1. The van der Waals surface area contributed by atoms with Gasteiger partial charge in [0.2, 0.25) is 5.91 Å². The van der Waals surface area contributed by atoms with Gasteiger partial charge in [0.1, 0.15) is 0 Å². The Morgan fingerprint density at radius 2 is 1.96 bits per heavy atom. The highest BCUT2D eigenvalue weighted by Crippen LogP contribution is 2.28. The molecule has 0 radical (unpaired) electrons. The Morgan fingerprint density at radius 3 is 2.57 bits per heavy atom. The third-order valence-corrected chi connectivity index (χ3v) is 4.23. The fourth-order valence-electron chi connectivity index (χ4n) is 2.10. The van der Waals surface area contributed by atoms with E-state index in [-0.39, 0.29) is 11.3 Å². The number of benzene rings is 1. The summed E-state index contributed by atoms with van der Waals surface area (Å²) in [6, 6.07) is 8.43. The molecule has 2 aromatic rings. The standard InChI is InChI=1S/C18H24N2O2S/c1-5-22-11-10-16(21)20-17-19-15(12-23-17)13-6-8-14(9-7-13)18(2,3)4/h6-9,12H,5,10-11H2,1-4H3,(H,19,20,21). The Labute approximate surface area is 141 Å². The fraction of sp³-hybridized carbons (Fsp3) is 0.444. The van der Waals surface area contributed by atoms with Gasteiger partial charge in [0.25, 0.3) is 0 Å². The van der Waals surface area contributed by atoms with Crippen molar-refractivity contribution in [3.05, 3.63) is 35.2 Å². The molecule has 0 aliphatic rings. The van der Waals surface area contributed by atoms with Crippen molar-refractivity contribution in [3.63, 3.8) is 0 Å². The molecule has 0 saturated heterocycles. The summed E-state index contributed by atoms with van der Waals surface area (Å²) >= 11 is 1.44. The summed E-state index contributed by atoms with van der Waals surface area (Å²) in [5, 5.41) is 5.40. The van der Waals surface area contributed by atoms with Crippen LogP contribution in [0, 0.1) is 0 Å². The number of hydrogen-bond acceptors (Lipinski definition) is 4. The number of ether oxygens (including phenoxy) is 1. The summed E-state index contributed by atoms with van der Waals surface area (Å²) in [6.07, 6.45) is 0.350. The van der Waals surface area contributed by atoms with Gasteiger partial charge in [-0.25, -0.2) is 4.98 Å². The maximum Gasteiger partial charge on any atom is 0.228 e. The fourth-order valence-corrected chi connectivity index (χ4v) is 2.83. The lowest BCUT2D eigenvalue weighted by Gasteiger charge is -2.18. The largest absolute Gasteiger partial charge is 0.381 e. The van der Waals surface area contributed by atoms with Gasteiger partial charge in [0, 0.05) is 17.6 Å². The van der Waals surface area contributed by atoms with Crippen LogP contribution in [0.1, 0.15) is 39.7 Å². The van der Waals surface area contributed by atoms with Crippen LogP contribution in [0.3, 0.4) is 0 Å². The topological polar surface area (TPSA) is 51.2 Å². The zero-order valence-electron chi connectivity index (χ0n) is 14.2. The van der Waals surface area contributed by atoms with Gasteiger partial charge in [-0.1, -0.05) is 45.0 Å². The molecule has 0 unspecified atom stereocenters. The molecule has 0 atom stereocenters. The highest BCUT2D eigenvalue weighted by Gasteiger charge is 2.14. The molecule has 0 spiro atoms. The average Bonchev–Trinajstić information content (AvgIpc) is 2.95. The van der Waals surface area contributed by atoms with E-state index in [9.17, 15) is 4.79 Å². The van der Waals surface area contributed by atoms with Gasteiger partial charge in [-0.05, 0) is 17.9 Å². The molecule has 124 valence electrons. The maximum absolute atomic E-state index is 11.8. The van der Waals surface area contributed by atoms with E-state index in [0.29, 0.717) is 24.8 Å². The quantitative estimate of drug-likeness (QED) is 0.794. The van der Waals surface area contributed by atoms with E-state index in [4.69, 9.17) is 4.74 Å². The van der Waals surface area contributed by atoms with Crippen LogP contribution in [0.4, 0.5) is 5.13 Å². The molecule has 1 heterocycles. The van der Waals surface area contributed by atoms with Crippen LogP contribution in [0.25, 0.3) is 11.3 Å². The molecule has 1 aromatic carbocycles. The normalized spacial score (nSPS) is 11.5. The summed E-state index contributed by atoms with van der Waals surface area (Å²) in [6.45, 7) is 9.56. The highest BCUT2D eigenvalue weighted by atomic mass is 32.1. The van der Waals surface area contributed by atoms with Gasteiger partial charge < -0.3 is 10.1 Å². The van der Waals surface area contributed by atoms with Crippen molar-refractivity contribution in [2.45, 2.75) is 39.5 Å². The van der Waals surface area contributed by atoms with Gasteiger partial charge in [-0.3, -0.25) is 4.79 Å². The Hall–Kier alpha value is -1.72. The number of rotatable bonds is 6. The number of hydrogen-bond donors (Lipinski definition) is 1. The van der Waals surface area contributed by atoms with E-state index in [0.717, 1.165) is 11.3 Å². The summed E-state index contributed by atoms with van der Waals surface area (Å²) in [5.74, 6) is -0.0672. The molecule has 2 rings (SSSR count). The highest BCUT2D eigenvalue weighted by molar-refractivity contribution is 7.14. The lowest BCUT2D eigenvalue weighted by molar-refractivity contribution is -0.117. The maximum atomic E-state index is 11.8. The monoisotopic (exact) mass is 332 g/mol. The van der Waals surface area contributed by atoms with E-state index >= 15 is 0 Å². The second kappa shape index (κ2) is 7.70. The predicted octanol–water partition coefficient (Wildman–Crippen LogP) is 4.47. The Morgan fingerprint density at radius 1 is 1.26 bits per heavy atom. The zero-order chi connectivity index (χ0) is 16.9. The number of carbonyl (C=O) groups is 1. The molecule has 0 aliphatic heterocycles. The third kappa shape index (κ3) is 5.15. The van der Waals surface area contributed by atoms with Crippen molar-refractivity contribution < 1.29 is 9.53 Å². The number of aromatic nitrogens is 1. The number of thiazole rings is 1. The third-order valence-electron chi connectivity index (χ3n) is 3.47. The molecular formula is C18H24N2O2S. The predicted molar refractivity (Wildman–Crippen MR) is 96.0 cm³/mol. The van der Waals surface area contributed by atoms with Crippen molar-refractivity contribution in [3.8, 4) is 11.3 Å². The first-order valence-electron chi connectivity index (χ1n) is 7.84. The van der Waals surface area contributed by atoms with Crippen LogP contribution < -0.4 is 5.32 Å². The van der Waals surface area contributed by atoms with E-state index in [2.05, 4.69) is 55.3 Å². The van der Waals surface area contributed by atoms with Crippen molar-refractivity contribution in [2.75, 3.05) is 18.5 Å². The van der Waals surface area contributed by atoms with Crippen molar-refractivity contribution >= 4 is 22.4 Å². The van der Waals surface area contributed by atoms with Gasteiger partial charge in [0.15, 0.2) is 5.13 Å². The molecule has 1 N–H and O–H groups in total. The lowest BCUT2D eigenvalue weighted by atomic mass is 9.86. The Kier molecular flexibility index (Phi) is 5.91. The number of nitrogens with one attached hydrogen (secondary N) is 1. The van der Waals surface area contributed by atoms with E-state index in [1.807, 2.05) is 12.3 Å². The molecule has 1 aromatic heterocycles. The molecule has 4 nitrogen and oxygen atoms in total. The smallest absolute Gasteiger partial charge is 0.228 e. The second-order valence-electron chi connectivity index (χ2n) is 6.36. The summed E-state index contributed by atoms with van der Waals surface area (Å²) in [7, 11) is 0. The summed E-state index contributed by atoms with van der Waals surface area (Å²) in [4.78, 5) is 16.2. The first-order chi connectivity index (χ1) is 10.9. The first-order valence-corrected chi connectivity index (χ1v) is 8.72. The lowest BCUT2D eigenvalue weighted by Crippen LogP contribution is -2.13. The molecule has 5 heteroatoms. The average molecular weight is 332 g/mol. The second-order valence-corrected chi connectivity index (χ2v) is 7.22. The molecular weight excluding hydrogens is 308 g/mol. The molecule has 1 amide bonds. The molecule has 0 saturated carbocycles. The Bertz CT molecular complexity index is 642. The van der Waals surface area contributed by atoms with Gasteiger partial charge >= 0.3 is 0 Å². The SMILES string of the molecule is CCOCCC(=O)Nc1nc(-c2ccc(C(C)(C)C)cc2)cs1. The van der Waals surface area contributed by atoms with E-state index in [1.54, 1.807) is 0 Å². The number of carbonyl (C=O) groups excluding carboxylic acids is 1. The Balaban J connectivity index is 2.00. The minimum atomic E-state index is -0.0672. The summed E-state index contributed by atoms with van der Waals surface area (Å²) in [5.41, 5.74) is 3.38. The summed E-state index contributed by atoms with van der Waals surface area (Å²) < 4.78 is 5.18. The number of amides is 1. The van der Waals surface area contributed by atoms with Crippen LogP contribution >= 0.6 is 11.3 Å².